The zero-order valence-corrected chi connectivity index (χ0v) is 11.6. The van der Waals surface area contributed by atoms with E-state index in [-0.39, 0.29) is 11.9 Å². The van der Waals surface area contributed by atoms with Gasteiger partial charge in [0.1, 0.15) is 0 Å². The van der Waals surface area contributed by atoms with E-state index in [9.17, 15) is 4.79 Å². The Hall–Kier alpha value is -0.570. The van der Waals surface area contributed by atoms with Crippen LogP contribution in [0, 0.1) is 11.3 Å². The third-order valence-electron chi connectivity index (χ3n) is 3.92. The molecule has 17 heavy (non-hydrogen) atoms. The Labute approximate surface area is 106 Å². The highest BCUT2D eigenvalue weighted by molar-refractivity contribution is 5.81. The quantitative estimate of drug-likeness (QED) is 0.749. The standard InChI is InChI=1S/C14H28N2O/c1-4-12(15)13(17)16-10-14(9-11(2)3)7-5-6-8-14/h11-12H,4-10,15H2,1-3H3,(H,16,17). The van der Waals surface area contributed by atoms with Crippen molar-refractivity contribution in [2.45, 2.75) is 65.3 Å². The highest BCUT2D eigenvalue weighted by Crippen LogP contribution is 2.42. The van der Waals surface area contributed by atoms with Crippen LogP contribution in [0.3, 0.4) is 0 Å². The van der Waals surface area contributed by atoms with Gasteiger partial charge >= 0.3 is 0 Å². The molecule has 0 aromatic carbocycles. The third-order valence-corrected chi connectivity index (χ3v) is 3.92. The Kier molecular flexibility index (Phi) is 5.44. The van der Waals surface area contributed by atoms with Gasteiger partial charge < -0.3 is 11.1 Å². The topological polar surface area (TPSA) is 55.1 Å². The summed E-state index contributed by atoms with van der Waals surface area (Å²) in [5, 5.41) is 3.06. The largest absolute Gasteiger partial charge is 0.354 e. The fourth-order valence-corrected chi connectivity index (χ4v) is 3.04. The van der Waals surface area contributed by atoms with Crippen molar-refractivity contribution in [3.8, 4) is 0 Å². The molecule has 0 heterocycles. The van der Waals surface area contributed by atoms with Gasteiger partial charge in [-0.1, -0.05) is 33.6 Å². The zero-order chi connectivity index (χ0) is 12.9. The zero-order valence-electron chi connectivity index (χ0n) is 11.6. The van der Waals surface area contributed by atoms with E-state index in [1.54, 1.807) is 0 Å². The van der Waals surface area contributed by atoms with Crippen molar-refractivity contribution in [3.05, 3.63) is 0 Å². The maximum atomic E-state index is 11.7. The van der Waals surface area contributed by atoms with Crippen LogP contribution in [-0.4, -0.2) is 18.5 Å². The van der Waals surface area contributed by atoms with Gasteiger partial charge in [-0.15, -0.1) is 0 Å². The molecule has 1 saturated carbocycles. The van der Waals surface area contributed by atoms with E-state index in [2.05, 4.69) is 19.2 Å². The van der Waals surface area contributed by atoms with E-state index in [1.165, 1.54) is 32.1 Å². The van der Waals surface area contributed by atoms with Crippen molar-refractivity contribution >= 4 is 5.91 Å². The summed E-state index contributed by atoms with van der Waals surface area (Å²) in [4.78, 5) is 11.7. The van der Waals surface area contributed by atoms with Crippen molar-refractivity contribution in [1.82, 2.24) is 5.32 Å². The molecule has 1 rings (SSSR count). The fourth-order valence-electron chi connectivity index (χ4n) is 3.04. The number of nitrogens with one attached hydrogen (secondary N) is 1. The molecule has 1 fully saturated rings. The summed E-state index contributed by atoms with van der Waals surface area (Å²) < 4.78 is 0. The van der Waals surface area contributed by atoms with Crippen LogP contribution in [0.2, 0.25) is 0 Å². The molecule has 0 saturated heterocycles. The highest BCUT2D eigenvalue weighted by atomic mass is 16.2. The molecule has 3 N–H and O–H groups in total. The molecule has 1 unspecified atom stereocenters. The van der Waals surface area contributed by atoms with E-state index in [4.69, 9.17) is 5.73 Å². The Morgan fingerprint density at radius 3 is 2.41 bits per heavy atom. The Balaban J connectivity index is 2.47. The predicted molar refractivity (Wildman–Crippen MR) is 71.6 cm³/mol. The number of nitrogens with two attached hydrogens (primary N) is 1. The van der Waals surface area contributed by atoms with Crippen LogP contribution in [0.25, 0.3) is 0 Å². The summed E-state index contributed by atoms with van der Waals surface area (Å²) in [6.45, 7) is 7.29. The molecule has 3 nitrogen and oxygen atoms in total. The van der Waals surface area contributed by atoms with E-state index in [0.717, 1.165) is 6.54 Å². The normalized spacial score (nSPS) is 20.5. The van der Waals surface area contributed by atoms with Crippen molar-refractivity contribution in [3.63, 3.8) is 0 Å². The van der Waals surface area contributed by atoms with Gasteiger partial charge in [-0.3, -0.25) is 4.79 Å². The predicted octanol–water partition coefficient (Wildman–Crippen LogP) is 2.45. The molecule has 100 valence electrons. The lowest BCUT2D eigenvalue weighted by molar-refractivity contribution is -0.123. The third kappa shape index (κ3) is 4.30. The first-order chi connectivity index (χ1) is 7.99. The molecule has 0 aromatic rings. The van der Waals surface area contributed by atoms with E-state index >= 15 is 0 Å². The summed E-state index contributed by atoms with van der Waals surface area (Å²) in [7, 11) is 0. The van der Waals surface area contributed by atoms with Crippen LogP contribution in [-0.2, 0) is 4.79 Å². The second kappa shape index (κ2) is 6.39. The Bertz CT molecular complexity index is 245. The number of hydrogen-bond acceptors (Lipinski definition) is 2. The van der Waals surface area contributed by atoms with Gasteiger partial charge in [0.05, 0.1) is 6.04 Å². The summed E-state index contributed by atoms with van der Waals surface area (Å²) in [5.41, 5.74) is 6.08. The maximum Gasteiger partial charge on any atom is 0.236 e. The average Bonchev–Trinajstić information content (AvgIpc) is 2.73. The molecule has 1 aliphatic rings. The van der Waals surface area contributed by atoms with Crippen LogP contribution in [0.15, 0.2) is 0 Å². The van der Waals surface area contributed by atoms with Gasteiger partial charge in [-0.25, -0.2) is 0 Å². The minimum atomic E-state index is -0.340. The van der Waals surface area contributed by atoms with Gasteiger partial charge in [-0.05, 0) is 37.0 Å². The molecule has 0 spiro atoms. The monoisotopic (exact) mass is 240 g/mol. The average molecular weight is 240 g/mol. The second-order valence-electron chi connectivity index (χ2n) is 6.04. The number of amides is 1. The Morgan fingerprint density at radius 2 is 1.94 bits per heavy atom. The first kappa shape index (κ1) is 14.5. The molecule has 0 radical (unpaired) electrons. The second-order valence-corrected chi connectivity index (χ2v) is 6.04. The summed E-state index contributed by atoms with van der Waals surface area (Å²) >= 11 is 0. The summed E-state index contributed by atoms with van der Waals surface area (Å²) in [5.74, 6) is 0.715. The molecule has 1 atom stereocenters. The lowest BCUT2D eigenvalue weighted by atomic mass is 9.78. The van der Waals surface area contributed by atoms with E-state index < -0.39 is 0 Å². The maximum absolute atomic E-state index is 11.7. The van der Waals surface area contributed by atoms with Crippen LogP contribution in [0.5, 0.6) is 0 Å². The number of carbonyl (C=O) groups excluding carboxylic acids is 1. The summed E-state index contributed by atoms with van der Waals surface area (Å²) in [6.07, 6.45) is 7.06. The lowest BCUT2D eigenvalue weighted by Gasteiger charge is -2.31. The van der Waals surface area contributed by atoms with Crippen LogP contribution >= 0.6 is 0 Å². The van der Waals surface area contributed by atoms with Crippen molar-refractivity contribution in [2.24, 2.45) is 17.1 Å². The molecule has 0 aromatic heterocycles. The van der Waals surface area contributed by atoms with Gasteiger partial charge in [0, 0.05) is 6.54 Å². The summed E-state index contributed by atoms with van der Waals surface area (Å²) in [6, 6.07) is -0.340. The molecule has 1 amide bonds. The van der Waals surface area contributed by atoms with Crippen LogP contribution < -0.4 is 11.1 Å². The molecular weight excluding hydrogens is 212 g/mol. The molecule has 1 aliphatic carbocycles. The smallest absolute Gasteiger partial charge is 0.236 e. The Morgan fingerprint density at radius 1 is 1.35 bits per heavy atom. The highest BCUT2D eigenvalue weighted by Gasteiger charge is 2.34. The minimum Gasteiger partial charge on any atom is -0.354 e. The molecular formula is C14H28N2O. The van der Waals surface area contributed by atoms with Gasteiger partial charge in [0.2, 0.25) is 5.91 Å². The minimum absolute atomic E-state index is 0.0162. The molecule has 0 aliphatic heterocycles. The molecule has 0 bridgehead atoms. The number of carbonyl (C=O) groups is 1. The number of hydrogen-bond donors (Lipinski definition) is 2. The SMILES string of the molecule is CCC(N)C(=O)NCC1(CC(C)C)CCCC1. The fraction of sp³-hybridized carbons (Fsp3) is 0.929. The van der Waals surface area contributed by atoms with Crippen molar-refractivity contribution in [2.75, 3.05) is 6.54 Å². The van der Waals surface area contributed by atoms with Crippen molar-refractivity contribution in [1.29, 1.82) is 0 Å². The number of rotatable bonds is 6. The van der Waals surface area contributed by atoms with E-state index in [1.807, 2.05) is 6.92 Å². The lowest BCUT2D eigenvalue weighted by Crippen LogP contribution is -2.44. The van der Waals surface area contributed by atoms with Gasteiger partial charge in [-0.2, -0.15) is 0 Å². The first-order valence-corrected chi connectivity index (χ1v) is 7.02. The van der Waals surface area contributed by atoms with Gasteiger partial charge in [0.25, 0.3) is 0 Å². The van der Waals surface area contributed by atoms with Crippen LogP contribution in [0.1, 0.15) is 59.3 Å². The van der Waals surface area contributed by atoms with Gasteiger partial charge in [0.15, 0.2) is 0 Å². The molecule has 3 heteroatoms. The van der Waals surface area contributed by atoms with E-state index in [0.29, 0.717) is 17.8 Å². The first-order valence-electron chi connectivity index (χ1n) is 7.02. The van der Waals surface area contributed by atoms with Crippen molar-refractivity contribution < 1.29 is 4.79 Å². The van der Waals surface area contributed by atoms with Crippen LogP contribution in [0.4, 0.5) is 0 Å².